The Bertz CT molecular complexity index is 401. The van der Waals surface area contributed by atoms with Crippen LogP contribution in [0.25, 0.3) is 0 Å². The van der Waals surface area contributed by atoms with Gasteiger partial charge in [0.15, 0.2) is 0 Å². The second kappa shape index (κ2) is 7.30. The Hall–Kier alpha value is -1.31. The monoisotopic (exact) mass is 322 g/mol. The summed E-state index contributed by atoms with van der Waals surface area (Å²) in [5.74, 6) is -1.82. The molecule has 2 aliphatic heterocycles. The average Bonchev–Trinajstić information content (AvgIpc) is 2.52. The van der Waals surface area contributed by atoms with Crippen LogP contribution in [0.3, 0.4) is 0 Å². The number of hydrogen-bond donors (Lipinski definition) is 1. The lowest BCUT2D eigenvalue weighted by atomic mass is 9.95. The third kappa shape index (κ3) is 4.59. The minimum absolute atomic E-state index is 0.0477. The van der Waals surface area contributed by atoms with Gasteiger partial charge in [0.25, 0.3) is 0 Å². The van der Waals surface area contributed by atoms with Crippen molar-refractivity contribution in [3.63, 3.8) is 0 Å². The summed E-state index contributed by atoms with van der Waals surface area (Å²) < 4.78 is 42.2. The number of ether oxygens (including phenoxy) is 1. The molecule has 126 valence electrons. The fraction of sp³-hybridized carbons (Fsp3) is 0.857. The lowest BCUT2D eigenvalue weighted by Crippen LogP contribution is -2.47. The van der Waals surface area contributed by atoms with Crippen molar-refractivity contribution in [1.29, 1.82) is 0 Å². The lowest BCUT2D eigenvalue weighted by molar-refractivity contribution is -0.186. The van der Waals surface area contributed by atoms with Gasteiger partial charge in [-0.25, -0.2) is 0 Å². The number of amides is 2. The normalized spacial score (nSPS) is 24.1. The molecule has 1 atom stereocenters. The summed E-state index contributed by atoms with van der Waals surface area (Å²) in [5, 5.41) is 2.85. The highest BCUT2D eigenvalue weighted by Gasteiger charge is 2.43. The summed E-state index contributed by atoms with van der Waals surface area (Å²) in [7, 11) is 0. The van der Waals surface area contributed by atoms with E-state index in [1.165, 1.54) is 0 Å². The molecular formula is C14H21F3N2O3. The standard InChI is InChI=1S/C14H21F3N2O3/c15-14(16,17)13(21)19-5-3-10(4-6-19)8-18-12(20)11-2-1-7-22-9-11/h10-11H,1-9H2,(H,18,20). The highest BCUT2D eigenvalue weighted by atomic mass is 19.4. The van der Waals surface area contributed by atoms with E-state index in [2.05, 4.69) is 5.32 Å². The quantitative estimate of drug-likeness (QED) is 0.853. The minimum atomic E-state index is -4.80. The second-order valence-corrected chi connectivity index (χ2v) is 5.89. The second-order valence-electron chi connectivity index (χ2n) is 5.89. The van der Waals surface area contributed by atoms with E-state index in [0.29, 0.717) is 32.6 Å². The van der Waals surface area contributed by atoms with E-state index in [1.54, 1.807) is 0 Å². The van der Waals surface area contributed by atoms with E-state index < -0.39 is 12.1 Å². The predicted molar refractivity (Wildman–Crippen MR) is 71.9 cm³/mol. The summed E-state index contributed by atoms with van der Waals surface area (Å²) in [6.07, 6.45) is -2.17. The molecular weight excluding hydrogens is 301 g/mol. The molecule has 2 saturated heterocycles. The molecule has 0 saturated carbocycles. The molecule has 8 heteroatoms. The van der Waals surface area contributed by atoms with Crippen LogP contribution in [0, 0.1) is 11.8 Å². The summed E-state index contributed by atoms with van der Waals surface area (Å²) >= 11 is 0. The highest BCUT2D eigenvalue weighted by molar-refractivity contribution is 5.82. The van der Waals surface area contributed by atoms with Crippen molar-refractivity contribution in [1.82, 2.24) is 10.2 Å². The van der Waals surface area contributed by atoms with Gasteiger partial charge in [0.1, 0.15) is 0 Å². The predicted octanol–water partition coefficient (Wildman–Crippen LogP) is 1.33. The minimum Gasteiger partial charge on any atom is -0.381 e. The summed E-state index contributed by atoms with van der Waals surface area (Å²) in [6, 6.07) is 0. The first kappa shape index (κ1) is 17.1. The van der Waals surface area contributed by atoms with Crippen LogP contribution in [0.1, 0.15) is 25.7 Å². The van der Waals surface area contributed by atoms with Crippen LogP contribution in [-0.2, 0) is 14.3 Å². The van der Waals surface area contributed by atoms with Crippen molar-refractivity contribution in [3.05, 3.63) is 0 Å². The third-order valence-corrected chi connectivity index (χ3v) is 4.24. The molecule has 1 N–H and O–H groups in total. The lowest BCUT2D eigenvalue weighted by Gasteiger charge is -2.32. The average molecular weight is 322 g/mol. The molecule has 0 aliphatic carbocycles. The molecule has 0 aromatic rings. The van der Waals surface area contributed by atoms with Gasteiger partial charge in [-0.15, -0.1) is 0 Å². The van der Waals surface area contributed by atoms with Crippen LogP contribution in [0.15, 0.2) is 0 Å². The van der Waals surface area contributed by atoms with Gasteiger partial charge < -0.3 is 15.0 Å². The molecule has 2 rings (SSSR count). The number of carbonyl (C=O) groups is 2. The smallest absolute Gasteiger partial charge is 0.381 e. The van der Waals surface area contributed by atoms with Gasteiger partial charge in [-0.05, 0) is 31.6 Å². The van der Waals surface area contributed by atoms with E-state index in [0.717, 1.165) is 17.7 Å². The van der Waals surface area contributed by atoms with Gasteiger partial charge in [0.2, 0.25) is 5.91 Å². The molecule has 22 heavy (non-hydrogen) atoms. The van der Waals surface area contributed by atoms with Gasteiger partial charge in [0, 0.05) is 26.2 Å². The van der Waals surface area contributed by atoms with E-state index >= 15 is 0 Å². The van der Waals surface area contributed by atoms with Crippen molar-refractivity contribution in [2.75, 3.05) is 32.8 Å². The van der Waals surface area contributed by atoms with Crippen LogP contribution < -0.4 is 5.32 Å². The molecule has 2 amide bonds. The topological polar surface area (TPSA) is 58.6 Å². The zero-order valence-electron chi connectivity index (χ0n) is 12.3. The number of likely N-dealkylation sites (tertiary alicyclic amines) is 1. The van der Waals surface area contributed by atoms with Gasteiger partial charge in [-0.2, -0.15) is 13.2 Å². The maximum atomic E-state index is 12.3. The largest absolute Gasteiger partial charge is 0.471 e. The molecule has 0 aromatic carbocycles. The van der Waals surface area contributed by atoms with Crippen molar-refractivity contribution >= 4 is 11.8 Å². The molecule has 2 heterocycles. The maximum absolute atomic E-state index is 12.3. The first-order chi connectivity index (χ1) is 10.4. The number of nitrogens with zero attached hydrogens (tertiary/aromatic N) is 1. The highest BCUT2D eigenvalue weighted by Crippen LogP contribution is 2.23. The van der Waals surface area contributed by atoms with Gasteiger partial charge >= 0.3 is 12.1 Å². The van der Waals surface area contributed by atoms with Crippen LogP contribution in [0.5, 0.6) is 0 Å². The molecule has 0 spiro atoms. The molecule has 2 aliphatic rings. The Balaban J connectivity index is 1.69. The number of carbonyl (C=O) groups excluding carboxylic acids is 2. The SMILES string of the molecule is O=C(NCC1CCN(C(=O)C(F)(F)F)CC1)C1CCCOC1. The molecule has 5 nitrogen and oxygen atoms in total. The number of halogens is 3. The molecule has 0 bridgehead atoms. The Morgan fingerprint density at radius 2 is 1.86 bits per heavy atom. The Labute approximate surface area is 127 Å². The number of rotatable bonds is 3. The number of piperidine rings is 1. The van der Waals surface area contributed by atoms with Crippen LogP contribution >= 0.6 is 0 Å². The fourth-order valence-corrected chi connectivity index (χ4v) is 2.86. The zero-order valence-corrected chi connectivity index (χ0v) is 12.3. The van der Waals surface area contributed by atoms with Crippen molar-refractivity contribution in [3.8, 4) is 0 Å². The number of alkyl halides is 3. The Morgan fingerprint density at radius 3 is 2.41 bits per heavy atom. The van der Waals surface area contributed by atoms with Crippen LogP contribution in [-0.4, -0.2) is 55.7 Å². The van der Waals surface area contributed by atoms with E-state index in [1.807, 2.05) is 0 Å². The van der Waals surface area contributed by atoms with E-state index in [-0.39, 0.29) is 30.8 Å². The first-order valence-corrected chi connectivity index (χ1v) is 7.59. The molecule has 1 unspecified atom stereocenters. The maximum Gasteiger partial charge on any atom is 0.471 e. The van der Waals surface area contributed by atoms with Crippen LogP contribution in [0.4, 0.5) is 13.2 Å². The van der Waals surface area contributed by atoms with Crippen LogP contribution in [0.2, 0.25) is 0 Å². The van der Waals surface area contributed by atoms with Crippen molar-refractivity contribution in [2.24, 2.45) is 11.8 Å². The zero-order chi connectivity index (χ0) is 16.2. The van der Waals surface area contributed by atoms with E-state index in [9.17, 15) is 22.8 Å². The third-order valence-electron chi connectivity index (χ3n) is 4.24. The molecule has 2 fully saturated rings. The van der Waals surface area contributed by atoms with E-state index in [4.69, 9.17) is 4.74 Å². The summed E-state index contributed by atoms with van der Waals surface area (Å²) in [4.78, 5) is 23.9. The van der Waals surface area contributed by atoms with Crippen molar-refractivity contribution in [2.45, 2.75) is 31.9 Å². The van der Waals surface area contributed by atoms with Gasteiger partial charge in [0.05, 0.1) is 12.5 Å². The van der Waals surface area contributed by atoms with Gasteiger partial charge in [-0.3, -0.25) is 9.59 Å². The Morgan fingerprint density at radius 1 is 1.18 bits per heavy atom. The Kier molecular flexibility index (Phi) is 5.66. The molecule has 0 radical (unpaired) electrons. The summed E-state index contributed by atoms with van der Waals surface area (Å²) in [6.45, 7) is 1.75. The first-order valence-electron chi connectivity index (χ1n) is 7.59. The fourth-order valence-electron chi connectivity index (χ4n) is 2.86. The number of nitrogens with one attached hydrogen (secondary N) is 1. The number of hydrogen-bond acceptors (Lipinski definition) is 3. The van der Waals surface area contributed by atoms with Gasteiger partial charge in [-0.1, -0.05) is 0 Å². The molecule has 0 aromatic heterocycles. The van der Waals surface area contributed by atoms with Crippen molar-refractivity contribution < 1.29 is 27.5 Å². The summed E-state index contributed by atoms with van der Waals surface area (Å²) in [5.41, 5.74) is 0.